The molecule has 1 N–H and O–H groups in total. The summed E-state index contributed by atoms with van der Waals surface area (Å²) in [7, 11) is 3.27. The number of benzene rings is 3. The molecule has 2 amide bonds. The van der Waals surface area contributed by atoms with Gasteiger partial charge in [-0.1, -0.05) is 59.6 Å². The number of para-hydroxylation sites is 1. The Labute approximate surface area is 255 Å². The summed E-state index contributed by atoms with van der Waals surface area (Å²) < 4.78 is 12.7. The highest BCUT2D eigenvalue weighted by atomic mass is 35.5. The lowest BCUT2D eigenvalue weighted by atomic mass is 9.99. The minimum atomic E-state index is -0.306. The lowest BCUT2D eigenvalue weighted by molar-refractivity contribution is -0.122. The number of hydrogen-bond donors (Lipinski definition) is 1. The zero-order valence-electron chi connectivity index (χ0n) is 23.8. The van der Waals surface area contributed by atoms with Gasteiger partial charge in [0.1, 0.15) is 18.1 Å². The van der Waals surface area contributed by atoms with Gasteiger partial charge in [0.2, 0.25) is 11.8 Å². The Kier molecular flexibility index (Phi) is 9.51. The Balaban J connectivity index is 1.74. The Hall–Kier alpha value is -3.79. The van der Waals surface area contributed by atoms with Gasteiger partial charge in [-0.2, -0.15) is 5.10 Å². The van der Waals surface area contributed by atoms with Crippen molar-refractivity contribution < 1.29 is 19.1 Å². The number of methoxy groups -OCH3 is 2. The first kappa shape index (κ1) is 29.7. The van der Waals surface area contributed by atoms with Gasteiger partial charge in [0.15, 0.2) is 0 Å². The first-order chi connectivity index (χ1) is 20.4. The summed E-state index contributed by atoms with van der Waals surface area (Å²) in [5.74, 6) is 1.00. The molecular formula is C32H33ClN4O4S. The first-order valence-electron chi connectivity index (χ1n) is 13.7. The molecule has 10 heteroatoms. The lowest BCUT2D eigenvalue weighted by Crippen LogP contribution is -2.42. The second-order valence-electron chi connectivity index (χ2n) is 9.95. The Morgan fingerprint density at radius 3 is 2.52 bits per heavy atom. The van der Waals surface area contributed by atoms with Crippen LogP contribution in [0.5, 0.6) is 5.75 Å². The van der Waals surface area contributed by atoms with E-state index >= 15 is 0 Å². The van der Waals surface area contributed by atoms with Crippen LogP contribution in [0.15, 0.2) is 72.8 Å². The van der Waals surface area contributed by atoms with Crippen LogP contribution in [0, 0.1) is 6.92 Å². The van der Waals surface area contributed by atoms with Crippen molar-refractivity contribution in [1.29, 1.82) is 0 Å². The van der Waals surface area contributed by atoms with Crippen molar-refractivity contribution in [3.8, 4) is 22.7 Å². The number of rotatable bonds is 10. The molecule has 2 heterocycles. The zero-order chi connectivity index (χ0) is 29.6. The summed E-state index contributed by atoms with van der Waals surface area (Å²) in [5, 5.41) is 8.35. The molecule has 0 unspecified atom stereocenters. The standard InChI is InChI=1S/C32H33ClN4O4S/c1-21-9-15-24(16-10-21)37-32-29(30(35-37)22-11-13-23(33)14-12-22)31(25-7-4-5-8-26(25)41-3)42-20-28(39)36(32)19-27(38)34-17-6-18-40-2/h4-5,7-16,31H,6,17-20H2,1-3H3,(H,34,38)/t31-/m1/s1. The number of nitrogens with one attached hydrogen (secondary N) is 1. The molecule has 5 rings (SSSR count). The van der Waals surface area contributed by atoms with E-state index in [4.69, 9.17) is 26.2 Å². The molecule has 0 radical (unpaired) electrons. The monoisotopic (exact) mass is 604 g/mol. The number of aryl methyl sites for hydroxylation is 1. The highest BCUT2D eigenvalue weighted by Gasteiger charge is 2.38. The highest BCUT2D eigenvalue weighted by molar-refractivity contribution is 8.00. The number of carbonyl (C=O) groups is 2. The van der Waals surface area contributed by atoms with Gasteiger partial charge >= 0.3 is 0 Å². The maximum absolute atomic E-state index is 13.9. The molecule has 0 spiro atoms. The molecule has 0 bridgehead atoms. The molecule has 1 aliphatic heterocycles. The van der Waals surface area contributed by atoms with Crippen LogP contribution in [0.2, 0.25) is 5.02 Å². The number of ether oxygens (including phenoxy) is 2. The maximum atomic E-state index is 13.9. The van der Waals surface area contributed by atoms with E-state index in [-0.39, 0.29) is 29.4 Å². The summed E-state index contributed by atoms with van der Waals surface area (Å²) >= 11 is 7.76. The van der Waals surface area contributed by atoms with Crippen LogP contribution in [0.25, 0.3) is 16.9 Å². The predicted octanol–water partition coefficient (Wildman–Crippen LogP) is 5.83. The summed E-state index contributed by atoms with van der Waals surface area (Å²) in [6.45, 7) is 2.86. The van der Waals surface area contributed by atoms with Gasteiger partial charge in [0, 0.05) is 42.0 Å². The van der Waals surface area contributed by atoms with Crippen LogP contribution in [0.1, 0.15) is 28.4 Å². The average Bonchev–Trinajstić information content (AvgIpc) is 3.32. The van der Waals surface area contributed by atoms with Crippen molar-refractivity contribution in [1.82, 2.24) is 15.1 Å². The van der Waals surface area contributed by atoms with Gasteiger partial charge in [-0.05, 0) is 43.7 Å². The quantitative estimate of drug-likeness (QED) is 0.229. The molecule has 3 aromatic carbocycles. The molecule has 218 valence electrons. The SMILES string of the molecule is COCCCNC(=O)CN1C(=O)CS[C@H](c2ccccc2OC)c2c(-c3ccc(Cl)cc3)nn(-c3ccc(C)cc3)c21. The summed E-state index contributed by atoms with van der Waals surface area (Å²) in [6, 6.07) is 23.3. The molecule has 1 aromatic heterocycles. The largest absolute Gasteiger partial charge is 0.496 e. The van der Waals surface area contributed by atoms with Crippen LogP contribution in [-0.2, 0) is 14.3 Å². The van der Waals surface area contributed by atoms with Crippen LogP contribution in [0.4, 0.5) is 5.82 Å². The number of carbonyl (C=O) groups excluding carboxylic acids is 2. The van der Waals surface area contributed by atoms with Gasteiger partial charge in [0.25, 0.3) is 0 Å². The van der Waals surface area contributed by atoms with Gasteiger partial charge in [-0.3, -0.25) is 14.5 Å². The molecule has 42 heavy (non-hydrogen) atoms. The van der Waals surface area contributed by atoms with E-state index in [0.29, 0.717) is 41.9 Å². The number of anilines is 1. The predicted molar refractivity (Wildman–Crippen MR) is 168 cm³/mol. The minimum Gasteiger partial charge on any atom is -0.496 e. The number of amides is 2. The van der Waals surface area contributed by atoms with E-state index in [1.54, 1.807) is 23.8 Å². The Bertz CT molecular complexity index is 1560. The number of fused-ring (bicyclic) bond motifs is 1. The van der Waals surface area contributed by atoms with E-state index in [9.17, 15) is 9.59 Å². The van der Waals surface area contributed by atoms with Gasteiger partial charge in [-0.25, -0.2) is 4.68 Å². The molecule has 4 aromatic rings. The lowest BCUT2D eigenvalue weighted by Gasteiger charge is -2.23. The molecular weight excluding hydrogens is 572 g/mol. The van der Waals surface area contributed by atoms with E-state index < -0.39 is 0 Å². The smallest absolute Gasteiger partial charge is 0.240 e. The third-order valence-corrected chi connectivity index (χ3v) is 8.54. The van der Waals surface area contributed by atoms with Gasteiger partial charge in [0.05, 0.1) is 29.5 Å². The van der Waals surface area contributed by atoms with Crippen molar-refractivity contribution in [3.05, 3.63) is 94.5 Å². The minimum absolute atomic E-state index is 0.143. The normalized spacial score (nSPS) is 14.8. The van der Waals surface area contributed by atoms with E-state index in [0.717, 1.165) is 27.9 Å². The number of nitrogens with zero attached hydrogens (tertiary/aromatic N) is 3. The second kappa shape index (κ2) is 13.5. The Morgan fingerprint density at radius 2 is 1.81 bits per heavy atom. The third-order valence-electron chi connectivity index (χ3n) is 7.06. The van der Waals surface area contributed by atoms with E-state index in [1.807, 2.05) is 79.7 Å². The van der Waals surface area contributed by atoms with Crippen molar-refractivity contribution in [3.63, 3.8) is 0 Å². The van der Waals surface area contributed by atoms with Crippen molar-refractivity contribution in [2.75, 3.05) is 44.6 Å². The van der Waals surface area contributed by atoms with Crippen LogP contribution in [0.3, 0.4) is 0 Å². The fourth-order valence-corrected chi connectivity index (χ4v) is 6.33. The van der Waals surface area contributed by atoms with Crippen LogP contribution in [-0.4, -0.2) is 61.3 Å². The average molecular weight is 605 g/mol. The van der Waals surface area contributed by atoms with E-state index in [2.05, 4.69) is 5.32 Å². The molecule has 0 aliphatic carbocycles. The first-order valence-corrected chi connectivity index (χ1v) is 15.1. The Morgan fingerprint density at radius 1 is 1.07 bits per heavy atom. The van der Waals surface area contributed by atoms with Gasteiger partial charge in [-0.15, -0.1) is 11.8 Å². The van der Waals surface area contributed by atoms with E-state index in [1.165, 1.54) is 11.8 Å². The molecule has 0 saturated heterocycles. The van der Waals surface area contributed by atoms with Gasteiger partial charge < -0.3 is 14.8 Å². The number of thioether (sulfide) groups is 1. The molecule has 8 nitrogen and oxygen atoms in total. The van der Waals surface area contributed by atoms with Crippen LogP contribution < -0.4 is 15.0 Å². The summed E-state index contributed by atoms with van der Waals surface area (Å²) in [6.07, 6.45) is 0.676. The van der Waals surface area contributed by atoms with Crippen LogP contribution >= 0.6 is 23.4 Å². The third kappa shape index (κ3) is 6.33. The fraction of sp³-hybridized carbons (Fsp3) is 0.281. The number of aromatic nitrogens is 2. The van der Waals surface area contributed by atoms with Crippen molar-refractivity contribution in [2.24, 2.45) is 0 Å². The molecule has 0 fully saturated rings. The maximum Gasteiger partial charge on any atom is 0.240 e. The zero-order valence-corrected chi connectivity index (χ0v) is 25.4. The number of halogens is 1. The summed E-state index contributed by atoms with van der Waals surface area (Å²) in [5.41, 5.74) is 5.17. The molecule has 1 atom stereocenters. The summed E-state index contributed by atoms with van der Waals surface area (Å²) in [4.78, 5) is 28.6. The number of hydrogen-bond acceptors (Lipinski definition) is 6. The fourth-order valence-electron chi connectivity index (χ4n) is 4.98. The second-order valence-corrected chi connectivity index (χ2v) is 11.5. The topological polar surface area (TPSA) is 85.7 Å². The van der Waals surface area contributed by atoms with Crippen molar-refractivity contribution in [2.45, 2.75) is 18.6 Å². The highest BCUT2D eigenvalue weighted by Crippen LogP contribution is 2.50. The van der Waals surface area contributed by atoms with Crippen molar-refractivity contribution >= 4 is 41.0 Å². The molecule has 0 saturated carbocycles. The molecule has 1 aliphatic rings.